The standard InChI is InChI=1S/C16H24N6O3/c1-11-7-12(2)21(19-11)4-3-16-18-15(8-14(17)23)20-22(16)9-13-10-24-5-6-25-13/h7,13H,3-6,8-10H2,1-2H3,(H2,17,23)/t13-/m1/s1. The zero-order valence-corrected chi connectivity index (χ0v) is 14.6. The Kier molecular flexibility index (Phi) is 5.44. The van der Waals surface area contributed by atoms with Gasteiger partial charge in [0.05, 0.1) is 38.5 Å². The van der Waals surface area contributed by atoms with Crippen molar-refractivity contribution in [3.63, 3.8) is 0 Å². The average molecular weight is 348 g/mol. The second kappa shape index (κ2) is 7.75. The number of carbonyl (C=O) groups excluding carboxylic acids is 1. The van der Waals surface area contributed by atoms with Crippen molar-refractivity contribution in [1.82, 2.24) is 24.5 Å². The van der Waals surface area contributed by atoms with Gasteiger partial charge in [-0.2, -0.15) is 10.2 Å². The van der Waals surface area contributed by atoms with Gasteiger partial charge in [-0.15, -0.1) is 0 Å². The largest absolute Gasteiger partial charge is 0.376 e. The lowest BCUT2D eigenvalue weighted by Gasteiger charge is -2.23. The third-order valence-corrected chi connectivity index (χ3v) is 4.04. The van der Waals surface area contributed by atoms with Crippen molar-refractivity contribution in [1.29, 1.82) is 0 Å². The minimum Gasteiger partial charge on any atom is -0.376 e. The lowest BCUT2D eigenvalue weighted by atomic mass is 10.3. The number of nitrogens with two attached hydrogens (primary N) is 1. The summed E-state index contributed by atoms with van der Waals surface area (Å²) < 4.78 is 14.9. The summed E-state index contributed by atoms with van der Waals surface area (Å²) in [5.74, 6) is 0.782. The predicted octanol–water partition coefficient (Wildman–Crippen LogP) is -0.223. The normalized spacial score (nSPS) is 17.8. The fraction of sp³-hybridized carbons (Fsp3) is 0.625. The summed E-state index contributed by atoms with van der Waals surface area (Å²) in [5, 5.41) is 8.89. The molecule has 0 unspecified atom stereocenters. The van der Waals surface area contributed by atoms with Crippen LogP contribution in [-0.2, 0) is 40.2 Å². The van der Waals surface area contributed by atoms with E-state index in [1.54, 1.807) is 4.68 Å². The Morgan fingerprint density at radius 2 is 2.16 bits per heavy atom. The highest BCUT2D eigenvalue weighted by atomic mass is 16.6. The Balaban J connectivity index is 1.73. The van der Waals surface area contributed by atoms with E-state index in [2.05, 4.69) is 15.2 Å². The summed E-state index contributed by atoms with van der Waals surface area (Å²) in [6, 6.07) is 2.04. The SMILES string of the molecule is Cc1cc(C)n(CCc2nc(CC(N)=O)nn2C[C@@H]2COCCO2)n1. The van der Waals surface area contributed by atoms with Crippen LogP contribution in [0, 0.1) is 13.8 Å². The van der Waals surface area contributed by atoms with Crippen molar-refractivity contribution in [2.75, 3.05) is 19.8 Å². The topological polar surface area (TPSA) is 110 Å². The molecule has 2 N–H and O–H groups in total. The summed E-state index contributed by atoms with van der Waals surface area (Å²) in [7, 11) is 0. The molecule has 25 heavy (non-hydrogen) atoms. The lowest BCUT2D eigenvalue weighted by Crippen LogP contribution is -2.33. The van der Waals surface area contributed by atoms with Gasteiger partial charge in [-0.1, -0.05) is 0 Å². The third-order valence-electron chi connectivity index (χ3n) is 4.04. The Labute approximate surface area is 146 Å². The molecule has 1 aliphatic rings. The lowest BCUT2D eigenvalue weighted by molar-refractivity contribution is -0.117. The molecule has 0 spiro atoms. The molecule has 3 heterocycles. The third kappa shape index (κ3) is 4.64. The maximum atomic E-state index is 11.2. The van der Waals surface area contributed by atoms with Crippen LogP contribution < -0.4 is 5.73 Å². The summed E-state index contributed by atoms with van der Waals surface area (Å²) in [5.41, 5.74) is 7.36. The van der Waals surface area contributed by atoms with E-state index in [-0.39, 0.29) is 12.5 Å². The number of primary amides is 1. The van der Waals surface area contributed by atoms with E-state index in [1.807, 2.05) is 24.6 Å². The van der Waals surface area contributed by atoms with Crippen LogP contribution >= 0.6 is 0 Å². The van der Waals surface area contributed by atoms with Gasteiger partial charge in [-0.25, -0.2) is 9.67 Å². The van der Waals surface area contributed by atoms with E-state index in [4.69, 9.17) is 15.2 Å². The van der Waals surface area contributed by atoms with Crippen molar-refractivity contribution >= 4 is 5.91 Å². The van der Waals surface area contributed by atoms with Gasteiger partial charge < -0.3 is 15.2 Å². The predicted molar refractivity (Wildman–Crippen MR) is 88.9 cm³/mol. The van der Waals surface area contributed by atoms with Gasteiger partial charge in [0.25, 0.3) is 0 Å². The summed E-state index contributed by atoms with van der Waals surface area (Å²) in [6.45, 7) is 6.95. The number of aromatic nitrogens is 5. The minimum absolute atomic E-state index is 0.0297. The van der Waals surface area contributed by atoms with Crippen LogP contribution in [0.4, 0.5) is 0 Å². The highest BCUT2D eigenvalue weighted by Crippen LogP contribution is 2.10. The van der Waals surface area contributed by atoms with Crippen molar-refractivity contribution in [3.05, 3.63) is 29.1 Å². The fourth-order valence-electron chi connectivity index (χ4n) is 2.93. The van der Waals surface area contributed by atoms with Crippen LogP contribution in [0.15, 0.2) is 6.07 Å². The second-order valence-electron chi connectivity index (χ2n) is 6.24. The van der Waals surface area contributed by atoms with E-state index in [0.29, 0.717) is 45.2 Å². The number of amides is 1. The van der Waals surface area contributed by atoms with Gasteiger partial charge in [-0.05, 0) is 19.9 Å². The molecule has 2 aromatic rings. The van der Waals surface area contributed by atoms with Crippen molar-refractivity contribution in [3.8, 4) is 0 Å². The molecule has 0 saturated carbocycles. The fourth-order valence-corrected chi connectivity index (χ4v) is 2.93. The number of ether oxygens (including phenoxy) is 2. The molecule has 1 aliphatic heterocycles. The number of aryl methyl sites for hydroxylation is 4. The van der Waals surface area contributed by atoms with Crippen LogP contribution in [0.2, 0.25) is 0 Å². The molecule has 0 aliphatic carbocycles. The number of carbonyl (C=O) groups is 1. The maximum Gasteiger partial charge on any atom is 0.225 e. The molecule has 136 valence electrons. The number of hydrogen-bond acceptors (Lipinski definition) is 6. The quantitative estimate of drug-likeness (QED) is 0.740. The van der Waals surface area contributed by atoms with E-state index >= 15 is 0 Å². The van der Waals surface area contributed by atoms with Crippen LogP contribution in [0.25, 0.3) is 0 Å². The summed E-state index contributed by atoms with van der Waals surface area (Å²) in [6.07, 6.45) is 0.618. The Bertz CT molecular complexity index is 732. The molecule has 0 radical (unpaired) electrons. The molecule has 9 heteroatoms. The van der Waals surface area contributed by atoms with E-state index in [1.165, 1.54) is 0 Å². The summed E-state index contributed by atoms with van der Waals surface area (Å²) in [4.78, 5) is 15.7. The second-order valence-corrected chi connectivity index (χ2v) is 6.24. The highest BCUT2D eigenvalue weighted by Gasteiger charge is 2.19. The molecule has 2 aromatic heterocycles. The number of hydrogen-bond donors (Lipinski definition) is 1. The van der Waals surface area contributed by atoms with Crippen molar-refractivity contribution in [2.24, 2.45) is 5.73 Å². The van der Waals surface area contributed by atoms with Crippen LogP contribution in [0.5, 0.6) is 0 Å². The van der Waals surface area contributed by atoms with Crippen molar-refractivity contribution < 1.29 is 14.3 Å². The van der Waals surface area contributed by atoms with Crippen molar-refractivity contribution in [2.45, 2.75) is 45.9 Å². The van der Waals surface area contributed by atoms with Crippen LogP contribution in [0.3, 0.4) is 0 Å². The smallest absolute Gasteiger partial charge is 0.225 e. The molecule has 1 amide bonds. The monoisotopic (exact) mass is 348 g/mol. The zero-order chi connectivity index (χ0) is 17.8. The van der Waals surface area contributed by atoms with Gasteiger partial charge in [0.15, 0.2) is 5.82 Å². The molecule has 0 aromatic carbocycles. The van der Waals surface area contributed by atoms with Gasteiger partial charge in [0.1, 0.15) is 11.9 Å². The van der Waals surface area contributed by atoms with Gasteiger partial charge in [0.2, 0.25) is 5.91 Å². The first kappa shape index (κ1) is 17.6. The number of rotatable bonds is 7. The first-order valence-corrected chi connectivity index (χ1v) is 8.42. The Hall–Kier alpha value is -2.26. The zero-order valence-electron chi connectivity index (χ0n) is 14.6. The molecule has 9 nitrogen and oxygen atoms in total. The molecule has 0 bridgehead atoms. The molecule has 1 saturated heterocycles. The van der Waals surface area contributed by atoms with Crippen LogP contribution in [0.1, 0.15) is 23.0 Å². The first-order chi connectivity index (χ1) is 12.0. The molecular weight excluding hydrogens is 324 g/mol. The average Bonchev–Trinajstić information content (AvgIpc) is 3.08. The van der Waals surface area contributed by atoms with Gasteiger partial charge >= 0.3 is 0 Å². The molecule has 3 rings (SSSR count). The number of nitrogens with zero attached hydrogens (tertiary/aromatic N) is 5. The molecule has 1 atom stereocenters. The first-order valence-electron chi connectivity index (χ1n) is 8.42. The minimum atomic E-state index is -0.445. The van der Waals surface area contributed by atoms with Crippen LogP contribution in [-0.4, -0.2) is 56.4 Å². The Morgan fingerprint density at radius 1 is 1.32 bits per heavy atom. The van der Waals surface area contributed by atoms with E-state index in [0.717, 1.165) is 17.2 Å². The molecular formula is C16H24N6O3. The maximum absolute atomic E-state index is 11.2. The highest BCUT2D eigenvalue weighted by molar-refractivity contribution is 5.75. The Morgan fingerprint density at radius 3 is 2.80 bits per heavy atom. The van der Waals surface area contributed by atoms with E-state index in [9.17, 15) is 4.79 Å². The van der Waals surface area contributed by atoms with E-state index < -0.39 is 5.91 Å². The van der Waals surface area contributed by atoms with Gasteiger partial charge in [-0.3, -0.25) is 9.48 Å². The van der Waals surface area contributed by atoms with Gasteiger partial charge in [0, 0.05) is 18.7 Å². The summed E-state index contributed by atoms with van der Waals surface area (Å²) >= 11 is 0. The molecule has 1 fully saturated rings.